The fourth-order valence-corrected chi connectivity index (χ4v) is 1.90. The molecule has 114 valence electrons. The minimum atomic E-state index is -0.685. The van der Waals surface area contributed by atoms with Crippen LogP contribution in [0.3, 0.4) is 0 Å². The van der Waals surface area contributed by atoms with Crippen molar-refractivity contribution >= 4 is 17.7 Å². The molecular weight excluding hydrogens is 272 g/mol. The number of piperidine rings is 1. The second-order valence-electron chi connectivity index (χ2n) is 4.18. The van der Waals surface area contributed by atoms with Gasteiger partial charge in [0.25, 0.3) is 5.91 Å². The summed E-state index contributed by atoms with van der Waals surface area (Å²) in [5.41, 5.74) is 0.356. The smallest absolute Gasteiger partial charge is 0.255 e. The van der Waals surface area contributed by atoms with E-state index in [1.165, 1.54) is 7.11 Å². The van der Waals surface area contributed by atoms with E-state index in [2.05, 4.69) is 10.6 Å². The summed E-state index contributed by atoms with van der Waals surface area (Å²) in [5.74, 6) is -0.744. The number of hydrogen-bond acceptors (Lipinski definition) is 4. The summed E-state index contributed by atoms with van der Waals surface area (Å²) >= 11 is 0. The standard InChI is InChI=1S/C13H14N2O4.C2H6/c1-19-10-5-3-2-4-8(10)12(17)14-9-6-7-11(16)15-13(9)18;1-2/h2-5,9H,6-7H2,1H3,(H,14,17)(H,15,16,18);1-2H3. The zero-order valence-corrected chi connectivity index (χ0v) is 12.4. The Bertz CT molecular complexity index is 528. The quantitative estimate of drug-likeness (QED) is 0.821. The van der Waals surface area contributed by atoms with Crippen molar-refractivity contribution in [3.8, 4) is 5.75 Å². The molecule has 0 aliphatic carbocycles. The number of benzene rings is 1. The minimum Gasteiger partial charge on any atom is -0.496 e. The molecule has 0 bridgehead atoms. The van der Waals surface area contributed by atoms with Gasteiger partial charge < -0.3 is 10.1 Å². The first-order valence-corrected chi connectivity index (χ1v) is 6.89. The van der Waals surface area contributed by atoms with Gasteiger partial charge in [-0.05, 0) is 18.6 Å². The molecule has 1 heterocycles. The third kappa shape index (κ3) is 4.30. The van der Waals surface area contributed by atoms with Gasteiger partial charge in [0.15, 0.2) is 0 Å². The van der Waals surface area contributed by atoms with Crippen molar-refractivity contribution in [3.05, 3.63) is 29.8 Å². The predicted octanol–water partition coefficient (Wildman–Crippen LogP) is 1.26. The van der Waals surface area contributed by atoms with E-state index in [0.29, 0.717) is 17.7 Å². The van der Waals surface area contributed by atoms with Crippen molar-refractivity contribution in [3.63, 3.8) is 0 Å². The van der Waals surface area contributed by atoms with Gasteiger partial charge in [0.1, 0.15) is 11.8 Å². The highest BCUT2D eigenvalue weighted by molar-refractivity contribution is 6.04. The minimum absolute atomic E-state index is 0.225. The topological polar surface area (TPSA) is 84.5 Å². The van der Waals surface area contributed by atoms with Crippen molar-refractivity contribution in [2.75, 3.05) is 7.11 Å². The third-order valence-corrected chi connectivity index (χ3v) is 2.90. The number of imide groups is 1. The zero-order chi connectivity index (χ0) is 15.8. The molecule has 0 radical (unpaired) electrons. The number of rotatable bonds is 3. The van der Waals surface area contributed by atoms with Gasteiger partial charge in [-0.25, -0.2) is 0 Å². The van der Waals surface area contributed by atoms with Crippen LogP contribution >= 0.6 is 0 Å². The fraction of sp³-hybridized carbons (Fsp3) is 0.400. The number of carbonyl (C=O) groups excluding carboxylic acids is 3. The van der Waals surface area contributed by atoms with E-state index in [4.69, 9.17) is 4.74 Å². The molecular formula is C15H20N2O4. The van der Waals surface area contributed by atoms with Crippen LogP contribution in [0.1, 0.15) is 37.0 Å². The average molecular weight is 292 g/mol. The van der Waals surface area contributed by atoms with Crippen LogP contribution < -0.4 is 15.4 Å². The van der Waals surface area contributed by atoms with E-state index in [9.17, 15) is 14.4 Å². The van der Waals surface area contributed by atoms with Crippen LogP contribution in [0.25, 0.3) is 0 Å². The first kappa shape index (κ1) is 16.7. The van der Waals surface area contributed by atoms with Crippen molar-refractivity contribution in [1.82, 2.24) is 10.6 Å². The number of ether oxygens (including phenoxy) is 1. The molecule has 2 rings (SSSR count). The van der Waals surface area contributed by atoms with Crippen LogP contribution in [0.5, 0.6) is 5.75 Å². The molecule has 1 fully saturated rings. The van der Waals surface area contributed by atoms with E-state index in [-0.39, 0.29) is 12.3 Å². The Morgan fingerprint density at radius 1 is 1.29 bits per heavy atom. The molecule has 1 aliphatic rings. The van der Waals surface area contributed by atoms with Gasteiger partial charge in [-0.15, -0.1) is 0 Å². The number of amides is 3. The summed E-state index contributed by atoms with van der Waals surface area (Å²) in [5, 5.41) is 4.79. The zero-order valence-electron chi connectivity index (χ0n) is 12.4. The third-order valence-electron chi connectivity index (χ3n) is 2.90. The normalized spacial score (nSPS) is 17.2. The number of nitrogens with one attached hydrogen (secondary N) is 2. The van der Waals surface area contributed by atoms with Gasteiger partial charge >= 0.3 is 0 Å². The lowest BCUT2D eigenvalue weighted by Crippen LogP contribution is -2.52. The Balaban J connectivity index is 0.00000106. The number of carbonyl (C=O) groups is 3. The van der Waals surface area contributed by atoms with Crippen LogP contribution in [-0.2, 0) is 9.59 Å². The fourth-order valence-electron chi connectivity index (χ4n) is 1.90. The van der Waals surface area contributed by atoms with E-state index in [0.717, 1.165) is 0 Å². The highest BCUT2D eigenvalue weighted by Gasteiger charge is 2.28. The van der Waals surface area contributed by atoms with E-state index >= 15 is 0 Å². The molecule has 21 heavy (non-hydrogen) atoms. The average Bonchev–Trinajstić information content (AvgIpc) is 2.52. The van der Waals surface area contributed by atoms with Crippen LogP contribution in [0.4, 0.5) is 0 Å². The van der Waals surface area contributed by atoms with Crippen LogP contribution in [0.15, 0.2) is 24.3 Å². The summed E-state index contributed by atoms with van der Waals surface area (Å²) in [4.78, 5) is 34.6. The SMILES string of the molecule is CC.COc1ccccc1C(=O)NC1CCC(=O)NC1=O. The maximum atomic E-state index is 12.1. The van der Waals surface area contributed by atoms with Crippen molar-refractivity contribution in [1.29, 1.82) is 0 Å². The molecule has 1 saturated heterocycles. The molecule has 2 N–H and O–H groups in total. The Kier molecular flexibility index (Phi) is 6.39. The van der Waals surface area contributed by atoms with Crippen molar-refractivity contribution < 1.29 is 19.1 Å². The molecule has 1 aliphatic heterocycles. The molecule has 1 aromatic carbocycles. The second kappa shape index (κ2) is 8.04. The molecule has 1 atom stereocenters. The molecule has 0 aromatic heterocycles. The van der Waals surface area contributed by atoms with Crippen LogP contribution in [-0.4, -0.2) is 30.9 Å². The van der Waals surface area contributed by atoms with Gasteiger partial charge in [-0.1, -0.05) is 26.0 Å². The Morgan fingerprint density at radius 2 is 1.95 bits per heavy atom. The van der Waals surface area contributed by atoms with E-state index in [1.54, 1.807) is 24.3 Å². The maximum Gasteiger partial charge on any atom is 0.255 e. The van der Waals surface area contributed by atoms with Crippen LogP contribution in [0.2, 0.25) is 0 Å². The van der Waals surface area contributed by atoms with Crippen molar-refractivity contribution in [2.45, 2.75) is 32.7 Å². The molecule has 0 saturated carbocycles. The summed E-state index contributed by atoms with van der Waals surface area (Å²) in [6.07, 6.45) is 0.536. The first-order chi connectivity index (χ1) is 10.1. The molecule has 1 aromatic rings. The Morgan fingerprint density at radius 3 is 2.57 bits per heavy atom. The summed E-state index contributed by atoms with van der Waals surface area (Å²) < 4.78 is 5.08. The number of hydrogen-bond donors (Lipinski definition) is 2. The van der Waals surface area contributed by atoms with Crippen LogP contribution in [0, 0.1) is 0 Å². The largest absolute Gasteiger partial charge is 0.496 e. The monoisotopic (exact) mass is 292 g/mol. The Hall–Kier alpha value is -2.37. The van der Waals surface area contributed by atoms with Gasteiger partial charge in [-0.2, -0.15) is 0 Å². The lowest BCUT2D eigenvalue weighted by Gasteiger charge is -2.22. The number of methoxy groups -OCH3 is 1. The van der Waals surface area contributed by atoms with Gasteiger partial charge in [0, 0.05) is 6.42 Å². The molecule has 0 spiro atoms. The maximum absolute atomic E-state index is 12.1. The van der Waals surface area contributed by atoms with Gasteiger partial charge in [-0.3, -0.25) is 19.7 Å². The van der Waals surface area contributed by atoms with Gasteiger partial charge in [0.05, 0.1) is 12.7 Å². The summed E-state index contributed by atoms with van der Waals surface area (Å²) in [6, 6.07) is 6.05. The molecule has 6 nitrogen and oxygen atoms in total. The Labute approximate surface area is 123 Å². The lowest BCUT2D eigenvalue weighted by molar-refractivity contribution is -0.134. The molecule has 1 unspecified atom stereocenters. The highest BCUT2D eigenvalue weighted by Crippen LogP contribution is 2.17. The van der Waals surface area contributed by atoms with Gasteiger partial charge in [0.2, 0.25) is 11.8 Å². The first-order valence-electron chi connectivity index (χ1n) is 6.89. The van der Waals surface area contributed by atoms with E-state index in [1.807, 2.05) is 13.8 Å². The molecule has 3 amide bonds. The highest BCUT2D eigenvalue weighted by atomic mass is 16.5. The van der Waals surface area contributed by atoms with E-state index < -0.39 is 17.9 Å². The number of para-hydroxylation sites is 1. The van der Waals surface area contributed by atoms with Crippen molar-refractivity contribution in [2.24, 2.45) is 0 Å². The lowest BCUT2D eigenvalue weighted by atomic mass is 10.1. The predicted molar refractivity (Wildman–Crippen MR) is 78.0 cm³/mol. The second-order valence-corrected chi connectivity index (χ2v) is 4.18. The molecule has 6 heteroatoms. The summed E-state index contributed by atoms with van der Waals surface area (Å²) in [7, 11) is 1.47. The summed E-state index contributed by atoms with van der Waals surface area (Å²) in [6.45, 7) is 4.00.